The van der Waals surface area contributed by atoms with Crippen molar-refractivity contribution in [2.45, 2.75) is 20.3 Å². The molecule has 0 radical (unpaired) electrons. The fourth-order valence-corrected chi connectivity index (χ4v) is 1.22. The maximum absolute atomic E-state index is 11.0. The molecule has 0 amide bonds. The molecular weight excluding hydrogens is 156 g/mol. The second kappa shape index (κ2) is 3.52. The molecule has 2 atom stereocenters. The Bertz CT molecular complexity index is 230. The number of rotatable bonds is 2. The first kappa shape index (κ1) is 8.97. The van der Waals surface area contributed by atoms with Gasteiger partial charge in [-0.2, -0.15) is 0 Å². The monoisotopic (exact) mass is 168 g/mol. The third-order valence-corrected chi connectivity index (χ3v) is 2.10. The zero-order valence-corrected chi connectivity index (χ0v) is 7.24. The SMILES string of the molecule is C/C=C\CC1C(=O)OC(=O)C1C. The van der Waals surface area contributed by atoms with Crippen LogP contribution >= 0.6 is 0 Å². The van der Waals surface area contributed by atoms with E-state index in [1.54, 1.807) is 6.92 Å². The summed E-state index contributed by atoms with van der Waals surface area (Å²) in [5, 5.41) is 0. The van der Waals surface area contributed by atoms with Gasteiger partial charge in [0.2, 0.25) is 0 Å². The molecular formula is C9H12O3. The van der Waals surface area contributed by atoms with Gasteiger partial charge in [-0.25, -0.2) is 0 Å². The number of hydrogen-bond donors (Lipinski definition) is 0. The topological polar surface area (TPSA) is 43.4 Å². The van der Waals surface area contributed by atoms with Gasteiger partial charge >= 0.3 is 11.9 Å². The molecule has 0 aromatic heterocycles. The van der Waals surface area contributed by atoms with E-state index in [2.05, 4.69) is 4.74 Å². The van der Waals surface area contributed by atoms with Gasteiger partial charge in [0.05, 0.1) is 11.8 Å². The van der Waals surface area contributed by atoms with E-state index in [1.165, 1.54) is 0 Å². The van der Waals surface area contributed by atoms with Crippen LogP contribution < -0.4 is 0 Å². The standard InChI is InChI=1S/C9H12O3/c1-3-4-5-7-6(2)8(10)12-9(7)11/h3-4,6-7H,5H2,1-2H3/b4-3-. The van der Waals surface area contributed by atoms with Crippen LogP contribution in [0.2, 0.25) is 0 Å². The van der Waals surface area contributed by atoms with E-state index in [0.29, 0.717) is 6.42 Å². The molecule has 0 spiro atoms. The zero-order valence-electron chi connectivity index (χ0n) is 7.24. The zero-order chi connectivity index (χ0) is 9.14. The summed E-state index contributed by atoms with van der Waals surface area (Å²) >= 11 is 0. The van der Waals surface area contributed by atoms with Gasteiger partial charge in [0.25, 0.3) is 0 Å². The Morgan fingerprint density at radius 3 is 2.50 bits per heavy atom. The van der Waals surface area contributed by atoms with E-state index in [-0.39, 0.29) is 17.8 Å². The summed E-state index contributed by atoms with van der Waals surface area (Å²) in [7, 11) is 0. The number of hydrogen-bond acceptors (Lipinski definition) is 3. The highest BCUT2D eigenvalue weighted by atomic mass is 16.6. The highest BCUT2D eigenvalue weighted by molar-refractivity contribution is 5.96. The largest absolute Gasteiger partial charge is 0.393 e. The number of allylic oxidation sites excluding steroid dienone is 2. The fourth-order valence-electron chi connectivity index (χ4n) is 1.22. The van der Waals surface area contributed by atoms with Crippen LogP contribution in [0.4, 0.5) is 0 Å². The molecule has 1 aliphatic heterocycles. The Balaban J connectivity index is 2.63. The lowest BCUT2D eigenvalue weighted by Gasteiger charge is -2.03. The lowest BCUT2D eigenvalue weighted by molar-refractivity contribution is -0.153. The van der Waals surface area contributed by atoms with E-state index >= 15 is 0 Å². The molecule has 2 unspecified atom stereocenters. The number of ether oxygens (including phenoxy) is 1. The Labute approximate surface area is 71.4 Å². The van der Waals surface area contributed by atoms with Crippen molar-refractivity contribution in [3.8, 4) is 0 Å². The average Bonchev–Trinajstić information content (AvgIpc) is 2.25. The Kier molecular flexibility index (Phi) is 2.63. The van der Waals surface area contributed by atoms with E-state index in [0.717, 1.165) is 0 Å². The molecule has 0 aromatic carbocycles. The molecule has 0 saturated carbocycles. The number of cyclic esters (lactones) is 2. The predicted molar refractivity (Wildman–Crippen MR) is 43.2 cm³/mol. The van der Waals surface area contributed by atoms with Gasteiger partial charge in [0.1, 0.15) is 0 Å². The molecule has 0 N–H and O–H groups in total. The summed E-state index contributed by atoms with van der Waals surface area (Å²) in [6.07, 6.45) is 4.34. The Hall–Kier alpha value is -1.12. The van der Waals surface area contributed by atoms with E-state index in [4.69, 9.17) is 0 Å². The number of carbonyl (C=O) groups excluding carboxylic acids is 2. The third kappa shape index (κ3) is 1.55. The summed E-state index contributed by atoms with van der Waals surface area (Å²) < 4.78 is 4.47. The maximum Gasteiger partial charge on any atom is 0.317 e. The van der Waals surface area contributed by atoms with Crippen molar-refractivity contribution in [3.05, 3.63) is 12.2 Å². The fraction of sp³-hybridized carbons (Fsp3) is 0.556. The van der Waals surface area contributed by atoms with Crippen molar-refractivity contribution in [2.24, 2.45) is 11.8 Å². The molecule has 12 heavy (non-hydrogen) atoms. The molecule has 1 aliphatic rings. The van der Waals surface area contributed by atoms with Crippen LogP contribution in [0.15, 0.2) is 12.2 Å². The van der Waals surface area contributed by atoms with Crippen molar-refractivity contribution in [1.82, 2.24) is 0 Å². The van der Waals surface area contributed by atoms with Gasteiger partial charge < -0.3 is 4.74 Å². The first-order chi connectivity index (χ1) is 5.66. The van der Waals surface area contributed by atoms with Crippen LogP contribution in [0.1, 0.15) is 20.3 Å². The number of esters is 2. The van der Waals surface area contributed by atoms with Crippen LogP contribution in [-0.2, 0) is 14.3 Å². The molecule has 1 fully saturated rings. The Morgan fingerprint density at radius 2 is 2.08 bits per heavy atom. The minimum absolute atomic E-state index is 0.270. The molecule has 3 nitrogen and oxygen atoms in total. The second-order valence-corrected chi connectivity index (χ2v) is 2.94. The summed E-state index contributed by atoms with van der Waals surface area (Å²) in [5.41, 5.74) is 0. The van der Waals surface area contributed by atoms with Crippen LogP contribution in [0, 0.1) is 11.8 Å². The van der Waals surface area contributed by atoms with Crippen molar-refractivity contribution in [1.29, 1.82) is 0 Å². The number of carbonyl (C=O) groups is 2. The minimum Gasteiger partial charge on any atom is -0.393 e. The molecule has 1 rings (SSSR count). The van der Waals surface area contributed by atoms with Crippen LogP contribution in [-0.4, -0.2) is 11.9 Å². The molecule has 1 saturated heterocycles. The molecule has 0 bridgehead atoms. The molecule has 1 heterocycles. The van der Waals surface area contributed by atoms with Crippen molar-refractivity contribution >= 4 is 11.9 Å². The normalized spacial score (nSPS) is 29.8. The summed E-state index contributed by atoms with van der Waals surface area (Å²) in [6.45, 7) is 3.61. The molecule has 3 heteroatoms. The molecule has 0 aliphatic carbocycles. The van der Waals surface area contributed by atoms with Gasteiger partial charge in [-0.15, -0.1) is 0 Å². The van der Waals surface area contributed by atoms with E-state index < -0.39 is 5.97 Å². The summed E-state index contributed by atoms with van der Waals surface area (Å²) in [6, 6.07) is 0. The van der Waals surface area contributed by atoms with Crippen LogP contribution in [0.5, 0.6) is 0 Å². The summed E-state index contributed by atoms with van der Waals surface area (Å²) in [5.74, 6) is -1.33. The predicted octanol–water partition coefficient (Wildman–Crippen LogP) is 1.29. The average molecular weight is 168 g/mol. The minimum atomic E-state index is -0.394. The van der Waals surface area contributed by atoms with Crippen LogP contribution in [0.25, 0.3) is 0 Å². The lowest BCUT2D eigenvalue weighted by atomic mass is 9.93. The maximum atomic E-state index is 11.0. The Morgan fingerprint density at radius 1 is 1.42 bits per heavy atom. The molecule has 0 aromatic rings. The van der Waals surface area contributed by atoms with Crippen molar-refractivity contribution < 1.29 is 14.3 Å². The van der Waals surface area contributed by atoms with Gasteiger partial charge in [-0.1, -0.05) is 19.1 Å². The van der Waals surface area contributed by atoms with E-state index in [9.17, 15) is 9.59 Å². The van der Waals surface area contributed by atoms with Gasteiger partial charge in [0, 0.05) is 0 Å². The quantitative estimate of drug-likeness (QED) is 0.354. The second-order valence-electron chi connectivity index (χ2n) is 2.94. The van der Waals surface area contributed by atoms with Gasteiger partial charge in [-0.05, 0) is 13.3 Å². The first-order valence-corrected chi connectivity index (χ1v) is 4.03. The highest BCUT2D eigenvalue weighted by Crippen LogP contribution is 2.26. The smallest absolute Gasteiger partial charge is 0.317 e. The summed E-state index contributed by atoms with van der Waals surface area (Å²) in [4.78, 5) is 21.9. The lowest BCUT2D eigenvalue weighted by Crippen LogP contribution is -2.13. The van der Waals surface area contributed by atoms with Gasteiger partial charge in [0.15, 0.2) is 0 Å². The van der Waals surface area contributed by atoms with Crippen molar-refractivity contribution in [2.75, 3.05) is 0 Å². The van der Waals surface area contributed by atoms with Gasteiger partial charge in [-0.3, -0.25) is 9.59 Å². The third-order valence-electron chi connectivity index (χ3n) is 2.10. The van der Waals surface area contributed by atoms with E-state index in [1.807, 2.05) is 19.1 Å². The first-order valence-electron chi connectivity index (χ1n) is 4.03. The molecule has 66 valence electrons. The van der Waals surface area contributed by atoms with Crippen molar-refractivity contribution in [3.63, 3.8) is 0 Å². The highest BCUT2D eigenvalue weighted by Gasteiger charge is 2.39. The van der Waals surface area contributed by atoms with Crippen LogP contribution in [0.3, 0.4) is 0 Å².